The van der Waals surface area contributed by atoms with Crippen LogP contribution in [0.2, 0.25) is 0 Å². The quantitative estimate of drug-likeness (QED) is 0.945. The fourth-order valence-corrected chi connectivity index (χ4v) is 2.95. The number of pyridine rings is 1. The van der Waals surface area contributed by atoms with Gasteiger partial charge in [0.05, 0.1) is 0 Å². The summed E-state index contributed by atoms with van der Waals surface area (Å²) in [5.41, 5.74) is 2.79. The average Bonchev–Trinajstić information content (AvgIpc) is 3.38. The highest BCUT2D eigenvalue weighted by Gasteiger charge is 2.25. The maximum atomic E-state index is 12.9. The molecule has 1 aliphatic heterocycles. The Labute approximate surface area is 130 Å². The third kappa shape index (κ3) is 2.56. The number of rotatable bonds is 3. The summed E-state index contributed by atoms with van der Waals surface area (Å²) in [5, 5.41) is 3.35. The molecule has 1 aromatic carbocycles. The first-order valence-corrected chi connectivity index (χ1v) is 7.94. The number of nitrogens with one attached hydrogen (secondary N) is 1. The Balaban J connectivity index is 1.62. The number of amides is 1. The van der Waals surface area contributed by atoms with E-state index in [0.717, 1.165) is 30.9 Å². The first-order chi connectivity index (χ1) is 10.8. The van der Waals surface area contributed by atoms with Crippen LogP contribution in [0.5, 0.6) is 0 Å². The van der Waals surface area contributed by atoms with Crippen molar-refractivity contribution in [3.63, 3.8) is 0 Å². The van der Waals surface area contributed by atoms with Crippen molar-refractivity contribution in [2.75, 3.05) is 16.8 Å². The Bertz CT molecular complexity index is 709. The minimum absolute atomic E-state index is 0.00778. The highest BCUT2D eigenvalue weighted by atomic mass is 16.2. The number of aromatic nitrogens is 1. The van der Waals surface area contributed by atoms with Gasteiger partial charge in [-0.25, -0.2) is 4.98 Å². The van der Waals surface area contributed by atoms with Gasteiger partial charge in [-0.15, -0.1) is 0 Å². The van der Waals surface area contributed by atoms with Gasteiger partial charge in [-0.1, -0.05) is 24.3 Å². The number of nitrogens with zero attached hydrogens (tertiary/aromatic N) is 2. The zero-order valence-corrected chi connectivity index (χ0v) is 12.5. The second-order valence-corrected chi connectivity index (χ2v) is 6.02. The van der Waals surface area contributed by atoms with Crippen molar-refractivity contribution < 1.29 is 4.79 Å². The van der Waals surface area contributed by atoms with Gasteiger partial charge in [0.2, 0.25) is 0 Å². The molecule has 1 N–H and O–H groups in total. The molecular formula is C18H19N3O. The Hall–Kier alpha value is -2.36. The molecule has 2 aromatic rings. The molecule has 4 rings (SSSR count). The van der Waals surface area contributed by atoms with E-state index in [1.165, 1.54) is 18.4 Å². The van der Waals surface area contributed by atoms with Gasteiger partial charge >= 0.3 is 0 Å². The second kappa shape index (κ2) is 5.44. The summed E-state index contributed by atoms with van der Waals surface area (Å²) in [6.45, 7) is 0.762. The van der Waals surface area contributed by atoms with Crippen LogP contribution in [0.1, 0.15) is 35.3 Å². The highest BCUT2D eigenvalue weighted by Crippen LogP contribution is 2.28. The van der Waals surface area contributed by atoms with Gasteiger partial charge in [0.25, 0.3) is 5.91 Å². The van der Waals surface area contributed by atoms with Gasteiger partial charge in [-0.3, -0.25) is 4.79 Å². The molecule has 2 heterocycles. The van der Waals surface area contributed by atoms with Gasteiger partial charge < -0.3 is 10.2 Å². The summed E-state index contributed by atoms with van der Waals surface area (Å²) in [6.07, 6.45) is 4.43. The zero-order chi connectivity index (χ0) is 14.9. The molecule has 0 radical (unpaired) electrons. The second-order valence-electron chi connectivity index (χ2n) is 6.02. The maximum Gasteiger partial charge on any atom is 0.276 e. The lowest BCUT2D eigenvalue weighted by Crippen LogP contribution is -2.36. The molecule has 112 valence electrons. The molecule has 2 aliphatic rings. The van der Waals surface area contributed by atoms with Crippen molar-refractivity contribution in [3.05, 3.63) is 53.7 Å². The van der Waals surface area contributed by atoms with Crippen LogP contribution in [0.3, 0.4) is 0 Å². The van der Waals surface area contributed by atoms with Crippen LogP contribution in [-0.2, 0) is 6.42 Å². The fourth-order valence-electron chi connectivity index (χ4n) is 2.95. The van der Waals surface area contributed by atoms with E-state index >= 15 is 0 Å². The number of carbonyl (C=O) groups is 1. The minimum Gasteiger partial charge on any atom is -0.367 e. The standard InChI is InChI=1S/C18H19N3O/c22-18(15-7-3-9-17(20-15)19-14-10-11-14)21-12-4-6-13-5-1-2-8-16(13)21/h1-3,5,7-9,14H,4,6,10-12H2,(H,19,20). The summed E-state index contributed by atoms with van der Waals surface area (Å²) in [4.78, 5) is 19.2. The molecule has 22 heavy (non-hydrogen) atoms. The molecule has 0 atom stereocenters. The van der Waals surface area contributed by atoms with E-state index in [0.29, 0.717) is 11.7 Å². The van der Waals surface area contributed by atoms with Crippen molar-refractivity contribution in [2.45, 2.75) is 31.7 Å². The van der Waals surface area contributed by atoms with Crippen molar-refractivity contribution >= 4 is 17.4 Å². The number of hydrogen-bond donors (Lipinski definition) is 1. The predicted octanol–water partition coefficient (Wildman–Crippen LogP) is 3.25. The van der Waals surface area contributed by atoms with Crippen LogP contribution in [0.15, 0.2) is 42.5 Å². The molecule has 1 aliphatic carbocycles. The number of carbonyl (C=O) groups excluding carboxylic acids is 1. The van der Waals surface area contributed by atoms with Crippen molar-refractivity contribution in [1.82, 2.24) is 4.98 Å². The molecule has 0 bridgehead atoms. The van der Waals surface area contributed by atoms with Crippen molar-refractivity contribution in [3.8, 4) is 0 Å². The lowest BCUT2D eigenvalue weighted by Gasteiger charge is -2.29. The minimum atomic E-state index is -0.00778. The molecule has 0 spiro atoms. The first kappa shape index (κ1) is 13.3. The van der Waals surface area contributed by atoms with Crippen LogP contribution >= 0.6 is 0 Å². The molecule has 1 aromatic heterocycles. The number of hydrogen-bond acceptors (Lipinski definition) is 3. The van der Waals surface area contributed by atoms with E-state index in [4.69, 9.17) is 0 Å². The lowest BCUT2D eigenvalue weighted by atomic mass is 10.0. The maximum absolute atomic E-state index is 12.9. The van der Waals surface area contributed by atoms with Gasteiger partial charge in [-0.05, 0) is 49.4 Å². The van der Waals surface area contributed by atoms with E-state index < -0.39 is 0 Å². The molecular weight excluding hydrogens is 274 g/mol. The van der Waals surface area contributed by atoms with Crippen molar-refractivity contribution in [2.24, 2.45) is 0 Å². The fraction of sp³-hybridized carbons (Fsp3) is 0.333. The lowest BCUT2D eigenvalue weighted by molar-refractivity contribution is 0.0980. The van der Waals surface area contributed by atoms with Crippen LogP contribution in [0.4, 0.5) is 11.5 Å². The van der Waals surface area contributed by atoms with Gasteiger partial charge in [0, 0.05) is 18.3 Å². The number of anilines is 2. The molecule has 0 saturated heterocycles. The number of benzene rings is 1. The molecule has 1 amide bonds. The smallest absolute Gasteiger partial charge is 0.276 e. The Morgan fingerprint density at radius 1 is 1.14 bits per heavy atom. The third-order valence-electron chi connectivity index (χ3n) is 4.25. The zero-order valence-electron chi connectivity index (χ0n) is 12.5. The molecule has 0 unspecified atom stereocenters. The van der Waals surface area contributed by atoms with E-state index in [9.17, 15) is 4.79 Å². The van der Waals surface area contributed by atoms with E-state index in [1.807, 2.05) is 35.2 Å². The molecule has 1 fully saturated rings. The average molecular weight is 293 g/mol. The Morgan fingerprint density at radius 3 is 2.86 bits per heavy atom. The van der Waals surface area contributed by atoms with Crippen LogP contribution in [0.25, 0.3) is 0 Å². The Morgan fingerprint density at radius 2 is 2.00 bits per heavy atom. The third-order valence-corrected chi connectivity index (χ3v) is 4.25. The Kier molecular flexibility index (Phi) is 3.29. The summed E-state index contributed by atoms with van der Waals surface area (Å²) in [7, 11) is 0. The number of aryl methyl sites for hydroxylation is 1. The van der Waals surface area contributed by atoms with E-state index in [-0.39, 0.29) is 5.91 Å². The van der Waals surface area contributed by atoms with Gasteiger partial charge in [0.1, 0.15) is 11.5 Å². The molecule has 4 nitrogen and oxygen atoms in total. The van der Waals surface area contributed by atoms with E-state index in [1.54, 1.807) is 6.07 Å². The van der Waals surface area contributed by atoms with Crippen molar-refractivity contribution in [1.29, 1.82) is 0 Å². The van der Waals surface area contributed by atoms with Crippen LogP contribution < -0.4 is 10.2 Å². The largest absolute Gasteiger partial charge is 0.367 e. The summed E-state index contributed by atoms with van der Waals surface area (Å²) >= 11 is 0. The number of fused-ring (bicyclic) bond motifs is 1. The predicted molar refractivity (Wildman–Crippen MR) is 87.3 cm³/mol. The summed E-state index contributed by atoms with van der Waals surface area (Å²) < 4.78 is 0. The first-order valence-electron chi connectivity index (χ1n) is 7.94. The summed E-state index contributed by atoms with van der Waals surface area (Å²) in [5.74, 6) is 0.797. The van der Waals surface area contributed by atoms with Gasteiger partial charge in [0.15, 0.2) is 0 Å². The normalized spacial score (nSPS) is 17.0. The highest BCUT2D eigenvalue weighted by molar-refractivity contribution is 6.05. The SMILES string of the molecule is O=C(c1cccc(NC2CC2)n1)N1CCCc2ccccc21. The number of para-hydroxylation sites is 1. The van der Waals surface area contributed by atoms with Crippen LogP contribution in [-0.4, -0.2) is 23.5 Å². The molecule has 1 saturated carbocycles. The monoisotopic (exact) mass is 293 g/mol. The topological polar surface area (TPSA) is 45.2 Å². The molecule has 4 heteroatoms. The van der Waals surface area contributed by atoms with E-state index in [2.05, 4.69) is 16.4 Å². The van der Waals surface area contributed by atoms with Crippen LogP contribution in [0, 0.1) is 0 Å². The van der Waals surface area contributed by atoms with Gasteiger partial charge in [-0.2, -0.15) is 0 Å². The summed E-state index contributed by atoms with van der Waals surface area (Å²) in [6, 6.07) is 14.3.